The smallest absolute Gasteiger partial charge is 0.331 e. The summed E-state index contributed by atoms with van der Waals surface area (Å²) in [5.74, 6) is -1.20. The van der Waals surface area contributed by atoms with Gasteiger partial charge < -0.3 is 19.7 Å². The summed E-state index contributed by atoms with van der Waals surface area (Å²) < 4.78 is 9.49. The van der Waals surface area contributed by atoms with Crippen LogP contribution in [0.2, 0.25) is 0 Å². The molecule has 0 bridgehead atoms. The molecule has 0 aromatic heterocycles. The maximum atomic E-state index is 11.6. The Morgan fingerprint density at radius 2 is 1.57 bits per heavy atom. The minimum Gasteiger partial charge on any atom is -0.463 e. The molecule has 0 aliphatic rings. The van der Waals surface area contributed by atoms with Gasteiger partial charge in [0.25, 0.3) is 0 Å². The Bertz CT molecular complexity index is 364. The molecule has 2 amide bonds. The van der Waals surface area contributed by atoms with Gasteiger partial charge in [-0.2, -0.15) is 0 Å². The van der Waals surface area contributed by atoms with Crippen molar-refractivity contribution in [3.63, 3.8) is 0 Å². The van der Waals surface area contributed by atoms with E-state index in [9.17, 15) is 14.4 Å². The molecule has 0 radical (unpaired) electrons. The van der Waals surface area contributed by atoms with Crippen LogP contribution in [0.1, 0.15) is 27.2 Å². The van der Waals surface area contributed by atoms with Gasteiger partial charge in [-0.15, -0.1) is 0 Å². The molecular weight excluding hydrogens is 276 g/mol. The minimum absolute atomic E-state index is 0.131. The molecule has 0 aliphatic heterocycles. The molecule has 0 saturated carbocycles. The second-order valence-corrected chi connectivity index (χ2v) is 4.01. The second kappa shape index (κ2) is 11.7. The SMILES string of the molecule is CCOC(=O)/C=C/C(=O)OCCCNC(=O)N(CC)CC. The Labute approximate surface area is 125 Å². The van der Waals surface area contributed by atoms with Crippen molar-refractivity contribution in [3.05, 3.63) is 12.2 Å². The maximum Gasteiger partial charge on any atom is 0.331 e. The molecule has 0 rings (SSSR count). The minimum atomic E-state index is -0.613. The summed E-state index contributed by atoms with van der Waals surface area (Å²) in [5, 5.41) is 2.73. The number of esters is 2. The van der Waals surface area contributed by atoms with E-state index in [4.69, 9.17) is 4.74 Å². The van der Waals surface area contributed by atoms with Gasteiger partial charge in [0.15, 0.2) is 0 Å². The Morgan fingerprint density at radius 3 is 2.10 bits per heavy atom. The zero-order chi connectivity index (χ0) is 16.1. The van der Waals surface area contributed by atoms with Crippen molar-refractivity contribution in [2.45, 2.75) is 27.2 Å². The van der Waals surface area contributed by atoms with Gasteiger partial charge in [-0.3, -0.25) is 0 Å². The molecule has 0 aromatic carbocycles. The van der Waals surface area contributed by atoms with Crippen molar-refractivity contribution >= 4 is 18.0 Å². The van der Waals surface area contributed by atoms with Gasteiger partial charge in [0, 0.05) is 31.8 Å². The molecule has 0 atom stereocenters. The molecular formula is C14H24N2O5. The summed E-state index contributed by atoms with van der Waals surface area (Å²) in [6, 6.07) is -0.131. The van der Waals surface area contributed by atoms with Crippen molar-refractivity contribution in [1.82, 2.24) is 10.2 Å². The number of nitrogens with zero attached hydrogens (tertiary/aromatic N) is 1. The molecule has 0 aromatic rings. The predicted molar refractivity (Wildman–Crippen MR) is 77.7 cm³/mol. The van der Waals surface area contributed by atoms with Crippen molar-refractivity contribution in [3.8, 4) is 0 Å². The summed E-state index contributed by atoms with van der Waals surface area (Å²) >= 11 is 0. The lowest BCUT2D eigenvalue weighted by Gasteiger charge is -2.19. The van der Waals surface area contributed by atoms with E-state index < -0.39 is 11.9 Å². The number of carbonyl (C=O) groups excluding carboxylic acids is 3. The Hall–Kier alpha value is -2.05. The van der Waals surface area contributed by atoms with E-state index in [1.54, 1.807) is 11.8 Å². The van der Waals surface area contributed by atoms with Gasteiger partial charge in [0.2, 0.25) is 0 Å². The normalized spacial score (nSPS) is 10.2. The van der Waals surface area contributed by atoms with Crippen LogP contribution in [0.15, 0.2) is 12.2 Å². The Morgan fingerprint density at radius 1 is 1.00 bits per heavy atom. The van der Waals surface area contributed by atoms with Crippen LogP contribution in [-0.4, -0.2) is 55.7 Å². The molecule has 0 unspecified atom stereocenters. The third-order valence-electron chi connectivity index (χ3n) is 2.53. The molecule has 0 saturated heterocycles. The standard InChI is InChI=1S/C14H24N2O5/c1-4-16(5-2)14(19)15-10-7-11-21-13(18)9-8-12(17)20-6-3/h8-9H,4-7,10-11H2,1-3H3,(H,15,19)/b9-8+. The number of ether oxygens (including phenoxy) is 2. The topological polar surface area (TPSA) is 84.9 Å². The Balaban J connectivity index is 3.74. The quantitative estimate of drug-likeness (QED) is 0.391. The number of rotatable bonds is 9. The first kappa shape index (κ1) is 18.9. The molecule has 120 valence electrons. The predicted octanol–water partition coefficient (Wildman–Crippen LogP) is 1.09. The second-order valence-electron chi connectivity index (χ2n) is 4.01. The van der Waals surface area contributed by atoms with E-state index in [0.29, 0.717) is 26.1 Å². The molecule has 0 aliphatic carbocycles. The van der Waals surface area contributed by atoms with E-state index in [-0.39, 0.29) is 19.2 Å². The lowest BCUT2D eigenvalue weighted by molar-refractivity contribution is -0.140. The molecule has 7 heteroatoms. The van der Waals surface area contributed by atoms with Crippen molar-refractivity contribution < 1.29 is 23.9 Å². The highest BCUT2D eigenvalue weighted by Gasteiger charge is 2.07. The monoisotopic (exact) mass is 300 g/mol. The summed E-state index contributed by atoms with van der Waals surface area (Å²) in [6.07, 6.45) is 2.55. The van der Waals surface area contributed by atoms with E-state index in [0.717, 1.165) is 12.2 Å². The number of hydrogen-bond acceptors (Lipinski definition) is 5. The average Bonchev–Trinajstić information content (AvgIpc) is 2.46. The first-order valence-electron chi connectivity index (χ1n) is 7.09. The summed E-state index contributed by atoms with van der Waals surface area (Å²) in [5.41, 5.74) is 0. The van der Waals surface area contributed by atoms with E-state index in [2.05, 4.69) is 10.1 Å². The highest BCUT2D eigenvalue weighted by Crippen LogP contribution is 1.90. The fourth-order valence-electron chi connectivity index (χ4n) is 1.44. The van der Waals surface area contributed by atoms with Crippen LogP contribution in [0, 0.1) is 0 Å². The van der Waals surface area contributed by atoms with Gasteiger partial charge in [-0.05, 0) is 27.2 Å². The van der Waals surface area contributed by atoms with Gasteiger partial charge in [-0.25, -0.2) is 14.4 Å². The molecule has 0 spiro atoms. The maximum absolute atomic E-state index is 11.6. The van der Waals surface area contributed by atoms with Crippen LogP contribution in [0.5, 0.6) is 0 Å². The molecule has 0 heterocycles. The van der Waals surface area contributed by atoms with Gasteiger partial charge >= 0.3 is 18.0 Å². The third-order valence-corrected chi connectivity index (χ3v) is 2.53. The van der Waals surface area contributed by atoms with E-state index in [1.807, 2.05) is 13.8 Å². The van der Waals surface area contributed by atoms with Gasteiger partial charge in [0.1, 0.15) is 0 Å². The summed E-state index contributed by atoms with van der Waals surface area (Å²) in [6.45, 7) is 7.63. The highest BCUT2D eigenvalue weighted by molar-refractivity contribution is 5.91. The molecule has 1 N–H and O–H groups in total. The zero-order valence-corrected chi connectivity index (χ0v) is 12.9. The van der Waals surface area contributed by atoms with Crippen LogP contribution in [0.25, 0.3) is 0 Å². The van der Waals surface area contributed by atoms with Crippen LogP contribution in [0.3, 0.4) is 0 Å². The highest BCUT2D eigenvalue weighted by atomic mass is 16.5. The van der Waals surface area contributed by atoms with Crippen LogP contribution in [0.4, 0.5) is 4.79 Å². The van der Waals surface area contributed by atoms with Crippen molar-refractivity contribution in [1.29, 1.82) is 0 Å². The van der Waals surface area contributed by atoms with Crippen molar-refractivity contribution in [2.24, 2.45) is 0 Å². The van der Waals surface area contributed by atoms with Gasteiger partial charge in [-0.1, -0.05) is 0 Å². The van der Waals surface area contributed by atoms with Crippen molar-refractivity contribution in [2.75, 3.05) is 32.8 Å². The summed E-state index contributed by atoms with van der Waals surface area (Å²) in [4.78, 5) is 35.4. The van der Waals surface area contributed by atoms with Crippen LogP contribution in [-0.2, 0) is 19.1 Å². The number of carbonyl (C=O) groups is 3. The zero-order valence-electron chi connectivity index (χ0n) is 12.9. The summed E-state index contributed by atoms with van der Waals surface area (Å²) in [7, 11) is 0. The largest absolute Gasteiger partial charge is 0.463 e. The lowest BCUT2D eigenvalue weighted by atomic mass is 10.4. The molecule has 21 heavy (non-hydrogen) atoms. The van der Waals surface area contributed by atoms with Crippen LogP contribution >= 0.6 is 0 Å². The number of nitrogens with one attached hydrogen (secondary N) is 1. The third kappa shape index (κ3) is 9.48. The Kier molecular flexibility index (Phi) is 10.6. The fourth-order valence-corrected chi connectivity index (χ4v) is 1.44. The van der Waals surface area contributed by atoms with E-state index in [1.165, 1.54) is 0 Å². The molecule has 7 nitrogen and oxygen atoms in total. The van der Waals surface area contributed by atoms with Gasteiger partial charge in [0.05, 0.1) is 13.2 Å². The number of urea groups is 1. The number of amides is 2. The lowest BCUT2D eigenvalue weighted by Crippen LogP contribution is -2.40. The van der Waals surface area contributed by atoms with Crippen LogP contribution < -0.4 is 5.32 Å². The first-order valence-corrected chi connectivity index (χ1v) is 7.09. The fraction of sp³-hybridized carbons (Fsp3) is 0.643. The van der Waals surface area contributed by atoms with E-state index >= 15 is 0 Å². The average molecular weight is 300 g/mol. The number of hydrogen-bond donors (Lipinski definition) is 1. The molecule has 0 fully saturated rings. The first-order chi connectivity index (χ1) is 10.0.